The van der Waals surface area contributed by atoms with Crippen LogP contribution < -0.4 is 4.90 Å². The lowest BCUT2D eigenvalue weighted by Gasteiger charge is -2.26. The van der Waals surface area contributed by atoms with Crippen LogP contribution in [0.2, 0.25) is 0 Å². The van der Waals surface area contributed by atoms with E-state index in [0.29, 0.717) is 6.42 Å². The fourth-order valence-electron chi connectivity index (χ4n) is 4.23. The third-order valence-corrected chi connectivity index (χ3v) is 5.76. The van der Waals surface area contributed by atoms with Crippen LogP contribution >= 0.6 is 0 Å². The number of hydrogen-bond donors (Lipinski definition) is 0. The molecule has 1 aromatic carbocycles. The van der Waals surface area contributed by atoms with Crippen LogP contribution in [0.5, 0.6) is 0 Å². The Hall–Kier alpha value is -2.70. The van der Waals surface area contributed by atoms with Crippen molar-refractivity contribution in [2.75, 3.05) is 4.90 Å². The molecule has 0 bridgehead atoms. The third-order valence-electron chi connectivity index (χ3n) is 5.76. The number of rotatable bonds is 3. The van der Waals surface area contributed by atoms with Crippen LogP contribution in [0, 0.1) is 11.2 Å². The first kappa shape index (κ1) is 18.7. The molecule has 3 aliphatic rings. The molecule has 0 saturated carbocycles. The van der Waals surface area contributed by atoms with Crippen molar-refractivity contribution in [3.8, 4) is 0 Å². The molecule has 146 valence electrons. The summed E-state index contributed by atoms with van der Waals surface area (Å²) in [5.74, 6) is -1.65. The molecule has 0 spiro atoms. The summed E-state index contributed by atoms with van der Waals surface area (Å²) in [6.07, 6.45) is 4.04. The molecule has 2 heterocycles. The third kappa shape index (κ3) is 3.08. The second kappa shape index (κ2) is 6.72. The molecule has 3 amide bonds. The maximum atomic E-state index is 14.5. The fraction of sp³-hybridized carbons (Fsp3) is 0.476. The van der Waals surface area contributed by atoms with Gasteiger partial charge in [-0.1, -0.05) is 19.9 Å². The lowest BCUT2D eigenvalue weighted by Crippen LogP contribution is -2.33. The van der Waals surface area contributed by atoms with E-state index in [1.165, 1.54) is 6.07 Å². The van der Waals surface area contributed by atoms with Gasteiger partial charge in [-0.2, -0.15) is 5.11 Å². The molecule has 0 N–H and O–H groups in total. The first-order valence-electron chi connectivity index (χ1n) is 9.61. The molecular formula is C21H22FN3O3. The van der Waals surface area contributed by atoms with Gasteiger partial charge in [0, 0.05) is 18.4 Å². The van der Waals surface area contributed by atoms with Gasteiger partial charge in [-0.15, -0.1) is 5.11 Å². The standard InChI is InChI=1S/C21H22FN3O3/c1-21(2)11-18(26)25(20(21)28)17-10-12(7-8-15(17)22)9-16-13-5-3-4-6-14(13)19(27)24-23-16/h7-8,10,16H,3-6,9,11H2,1-2H3. The van der Waals surface area contributed by atoms with Crippen molar-refractivity contribution in [3.05, 3.63) is 40.7 Å². The van der Waals surface area contributed by atoms with E-state index in [2.05, 4.69) is 10.2 Å². The van der Waals surface area contributed by atoms with E-state index in [9.17, 15) is 18.8 Å². The minimum atomic E-state index is -0.834. The van der Waals surface area contributed by atoms with Gasteiger partial charge in [0.05, 0.1) is 17.1 Å². The first-order valence-corrected chi connectivity index (χ1v) is 9.61. The van der Waals surface area contributed by atoms with E-state index in [-0.39, 0.29) is 24.1 Å². The minimum absolute atomic E-state index is 0.0141. The first-order chi connectivity index (χ1) is 13.3. The van der Waals surface area contributed by atoms with Crippen LogP contribution in [-0.2, 0) is 20.8 Å². The number of imide groups is 1. The van der Waals surface area contributed by atoms with Crippen molar-refractivity contribution < 1.29 is 18.8 Å². The van der Waals surface area contributed by atoms with Crippen molar-refractivity contribution in [1.29, 1.82) is 0 Å². The average molecular weight is 383 g/mol. The van der Waals surface area contributed by atoms with Gasteiger partial charge in [0.1, 0.15) is 5.82 Å². The monoisotopic (exact) mass is 383 g/mol. The number of anilines is 1. The van der Waals surface area contributed by atoms with Crippen molar-refractivity contribution in [2.24, 2.45) is 15.6 Å². The molecule has 1 aromatic rings. The zero-order valence-electron chi connectivity index (χ0n) is 16.0. The van der Waals surface area contributed by atoms with E-state index in [1.54, 1.807) is 26.0 Å². The zero-order chi connectivity index (χ0) is 20.1. The predicted molar refractivity (Wildman–Crippen MR) is 100 cm³/mol. The molecule has 6 nitrogen and oxygen atoms in total. The van der Waals surface area contributed by atoms with Crippen molar-refractivity contribution in [2.45, 2.75) is 58.4 Å². The molecule has 0 aromatic heterocycles. The van der Waals surface area contributed by atoms with Crippen molar-refractivity contribution >= 4 is 23.4 Å². The summed E-state index contributed by atoms with van der Waals surface area (Å²) in [5, 5.41) is 7.96. The van der Waals surface area contributed by atoms with E-state index in [1.807, 2.05) is 0 Å². The average Bonchev–Trinajstić information content (AvgIpc) is 2.86. The Bertz CT molecular complexity index is 948. The van der Waals surface area contributed by atoms with Crippen molar-refractivity contribution in [1.82, 2.24) is 0 Å². The second-order valence-electron chi connectivity index (χ2n) is 8.33. The van der Waals surface area contributed by atoms with Gasteiger partial charge in [-0.3, -0.25) is 14.4 Å². The minimum Gasteiger partial charge on any atom is -0.274 e. The van der Waals surface area contributed by atoms with Gasteiger partial charge < -0.3 is 0 Å². The van der Waals surface area contributed by atoms with Crippen LogP contribution in [0.4, 0.5) is 10.1 Å². The Morgan fingerprint density at radius 2 is 1.93 bits per heavy atom. The molecule has 2 aliphatic heterocycles. The number of benzene rings is 1. The Morgan fingerprint density at radius 1 is 1.18 bits per heavy atom. The molecule has 7 heteroatoms. The van der Waals surface area contributed by atoms with Gasteiger partial charge in [0.15, 0.2) is 0 Å². The largest absolute Gasteiger partial charge is 0.291 e. The molecule has 28 heavy (non-hydrogen) atoms. The number of amides is 3. The van der Waals surface area contributed by atoms with Gasteiger partial charge in [-0.05, 0) is 49.0 Å². The number of carbonyl (C=O) groups is 3. The summed E-state index contributed by atoms with van der Waals surface area (Å²) >= 11 is 0. The lowest BCUT2D eigenvalue weighted by molar-refractivity contribution is -0.124. The normalized spacial score (nSPS) is 24.2. The SMILES string of the molecule is CC1(C)CC(=O)N(c2cc(CC3N=NC(=O)C4=C3CCCC4)ccc2F)C1=O. The Morgan fingerprint density at radius 3 is 2.64 bits per heavy atom. The molecule has 1 atom stereocenters. The van der Waals surface area contributed by atoms with Crippen LogP contribution in [0.3, 0.4) is 0 Å². The lowest BCUT2D eigenvalue weighted by atomic mass is 9.84. The maximum absolute atomic E-state index is 14.5. The number of carbonyl (C=O) groups excluding carboxylic acids is 3. The number of hydrogen-bond acceptors (Lipinski definition) is 4. The number of halogens is 1. The number of nitrogens with zero attached hydrogens (tertiary/aromatic N) is 3. The van der Waals surface area contributed by atoms with Gasteiger partial charge in [0.2, 0.25) is 11.8 Å². The van der Waals surface area contributed by atoms with Crippen molar-refractivity contribution in [3.63, 3.8) is 0 Å². The van der Waals surface area contributed by atoms with Gasteiger partial charge >= 0.3 is 0 Å². The Labute approximate surface area is 162 Å². The van der Waals surface area contributed by atoms with Gasteiger partial charge in [0.25, 0.3) is 5.91 Å². The van der Waals surface area contributed by atoms with Crippen LogP contribution in [0.1, 0.15) is 51.5 Å². The second-order valence-corrected chi connectivity index (χ2v) is 8.33. The summed E-state index contributed by atoms with van der Waals surface area (Å²) in [5.41, 5.74) is 1.68. The van der Waals surface area contributed by atoms with E-state index in [0.717, 1.165) is 47.3 Å². The highest BCUT2D eigenvalue weighted by Gasteiger charge is 2.46. The summed E-state index contributed by atoms with van der Waals surface area (Å²) < 4.78 is 14.5. The van der Waals surface area contributed by atoms with Crippen LogP contribution in [0.25, 0.3) is 0 Å². The molecule has 0 radical (unpaired) electrons. The highest BCUT2D eigenvalue weighted by molar-refractivity contribution is 6.22. The Kier molecular flexibility index (Phi) is 4.48. The van der Waals surface area contributed by atoms with Crippen LogP contribution in [-0.4, -0.2) is 23.8 Å². The summed E-state index contributed by atoms with van der Waals surface area (Å²) in [6, 6.07) is 4.19. The molecule has 4 rings (SSSR count). The van der Waals surface area contributed by atoms with Gasteiger partial charge in [-0.25, -0.2) is 9.29 Å². The highest BCUT2D eigenvalue weighted by atomic mass is 19.1. The smallest absolute Gasteiger partial charge is 0.274 e. The Balaban J connectivity index is 1.64. The predicted octanol–water partition coefficient (Wildman–Crippen LogP) is 3.89. The van der Waals surface area contributed by atoms with E-state index in [4.69, 9.17) is 0 Å². The maximum Gasteiger partial charge on any atom is 0.291 e. The molecule has 1 aliphatic carbocycles. The fourth-order valence-corrected chi connectivity index (χ4v) is 4.23. The molecular weight excluding hydrogens is 361 g/mol. The zero-order valence-corrected chi connectivity index (χ0v) is 16.0. The molecule has 1 saturated heterocycles. The van der Waals surface area contributed by atoms with E-state index >= 15 is 0 Å². The molecule has 1 unspecified atom stereocenters. The number of azo groups is 1. The topological polar surface area (TPSA) is 79.2 Å². The van der Waals surface area contributed by atoms with Crippen LogP contribution in [0.15, 0.2) is 39.6 Å². The molecule has 1 fully saturated rings. The summed E-state index contributed by atoms with van der Waals surface area (Å²) in [6.45, 7) is 3.37. The summed E-state index contributed by atoms with van der Waals surface area (Å²) in [7, 11) is 0. The summed E-state index contributed by atoms with van der Waals surface area (Å²) in [4.78, 5) is 37.9. The quantitative estimate of drug-likeness (QED) is 0.743. The van der Waals surface area contributed by atoms with E-state index < -0.39 is 23.0 Å². The highest BCUT2D eigenvalue weighted by Crippen LogP contribution is 2.38.